The fourth-order valence-electron chi connectivity index (χ4n) is 2.26. The number of aromatic nitrogens is 1. The Morgan fingerprint density at radius 3 is 2.54 bits per heavy atom. The number of nitriles is 1. The minimum Gasteiger partial charge on any atom is -0.460 e. The number of carbonyl (C=O) groups is 1. The maximum atomic E-state index is 11.7. The Morgan fingerprint density at radius 2 is 1.92 bits per heavy atom. The summed E-state index contributed by atoms with van der Waals surface area (Å²) >= 11 is 5.86. The number of benzene rings is 1. The summed E-state index contributed by atoms with van der Waals surface area (Å²) in [6.07, 6.45) is 1.88. The second-order valence-corrected chi connectivity index (χ2v) is 7.20. The monoisotopic (exact) mass is 372 g/mol. The molecule has 0 fully saturated rings. The molecule has 26 heavy (non-hydrogen) atoms. The Morgan fingerprint density at radius 1 is 1.23 bits per heavy atom. The van der Waals surface area contributed by atoms with Crippen LogP contribution < -0.4 is 4.74 Å². The first kappa shape index (κ1) is 19.7. The average molecular weight is 373 g/mol. The first-order valence-corrected chi connectivity index (χ1v) is 8.69. The lowest BCUT2D eigenvalue weighted by Crippen LogP contribution is -2.23. The molecule has 0 saturated heterocycles. The van der Waals surface area contributed by atoms with Gasteiger partial charge in [0.05, 0.1) is 11.6 Å². The number of carbonyl (C=O) groups excluding carboxylic acids is 1. The summed E-state index contributed by atoms with van der Waals surface area (Å²) in [7, 11) is 0. The van der Waals surface area contributed by atoms with E-state index >= 15 is 0 Å². The molecule has 0 bridgehead atoms. The highest BCUT2D eigenvalue weighted by molar-refractivity contribution is 6.29. The van der Waals surface area contributed by atoms with Crippen LogP contribution >= 0.6 is 11.6 Å². The van der Waals surface area contributed by atoms with Crippen molar-refractivity contribution in [1.29, 1.82) is 5.26 Å². The van der Waals surface area contributed by atoms with Gasteiger partial charge in [-0.25, -0.2) is 4.98 Å². The molecule has 0 N–H and O–H groups in total. The Bertz CT molecular complexity index is 805. The van der Waals surface area contributed by atoms with Gasteiger partial charge in [-0.2, -0.15) is 5.26 Å². The average Bonchev–Trinajstić information content (AvgIpc) is 2.54. The number of nitrogens with zero attached hydrogens (tertiary/aromatic N) is 2. The molecule has 0 aliphatic carbocycles. The summed E-state index contributed by atoms with van der Waals surface area (Å²) in [6.45, 7) is 5.58. The smallest absolute Gasteiger partial charge is 0.306 e. The molecule has 1 heterocycles. The first-order valence-electron chi connectivity index (χ1n) is 8.31. The van der Waals surface area contributed by atoms with Gasteiger partial charge in [0.15, 0.2) is 0 Å². The lowest BCUT2D eigenvalue weighted by atomic mass is 10.1. The molecule has 0 amide bonds. The van der Waals surface area contributed by atoms with E-state index in [0.717, 1.165) is 18.4 Å². The van der Waals surface area contributed by atoms with Gasteiger partial charge in [0.25, 0.3) is 0 Å². The van der Waals surface area contributed by atoms with Crippen molar-refractivity contribution in [3.05, 3.63) is 52.7 Å². The summed E-state index contributed by atoms with van der Waals surface area (Å²) in [5, 5.41) is 9.15. The highest BCUT2D eigenvalue weighted by atomic mass is 35.5. The molecule has 0 aliphatic rings. The summed E-state index contributed by atoms with van der Waals surface area (Å²) < 4.78 is 10.9. The number of ether oxygens (including phenoxy) is 2. The number of hydrogen-bond donors (Lipinski definition) is 0. The Balaban J connectivity index is 1.88. The number of aryl methyl sites for hydroxylation is 1. The van der Waals surface area contributed by atoms with Crippen molar-refractivity contribution in [3.63, 3.8) is 0 Å². The molecular formula is C20H21ClN2O3. The first-order chi connectivity index (χ1) is 12.2. The van der Waals surface area contributed by atoms with Crippen LogP contribution in [0, 0.1) is 11.3 Å². The fourth-order valence-corrected chi connectivity index (χ4v) is 2.46. The maximum absolute atomic E-state index is 11.7. The molecule has 6 heteroatoms. The van der Waals surface area contributed by atoms with Crippen LogP contribution in [0.2, 0.25) is 5.15 Å². The van der Waals surface area contributed by atoms with Gasteiger partial charge in [0, 0.05) is 12.5 Å². The lowest BCUT2D eigenvalue weighted by molar-refractivity contribution is -0.154. The number of esters is 1. The van der Waals surface area contributed by atoms with E-state index in [4.69, 9.17) is 26.3 Å². The Labute approximate surface area is 158 Å². The van der Waals surface area contributed by atoms with Crippen LogP contribution in [0.1, 0.15) is 44.7 Å². The summed E-state index contributed by atoms with van der Waals surface area (Å²) in [5.74, 6) is 0.684. The topological polar surface area (TPSA) is 72.2 Å². The third-order valence-corrected chi connectivity index (χ3v) is 3.51. The van der Waals surface area contributed by atoms with E-state index in [-0.39, 0.29) is 17.0 Å². The molecule has 2 aromatic rings. The fraction of sp³-hybridized carbons (Fsp3) is 0.350. The van der Waals surface area contributed by atoms with Crippen molar-refractivity contribution < 1.29 is 14.3 Å². The number of hydrogen-bond acceptors (Lipinski definition) is 5. The molecule has 0 spiro atoms. The molecule has 1 aromatic carbocycles. The minimum atomic E-state index is -0.449. The summed E-state index contributed by atoms with van der Waals surface area (Å²) in [5.41, 5.74) is 1.03. The SMILES string of the molecule is CC(C)(C)OC(=O)CCCc1ccc(Oc2cc(C#N)cc(Cl)n2)cc1. The Kier molecular flexibility index (Phi) is 6.59. The van der Waals surface area contributed by atoms with Crippen LogP contribution in [0.25, 0.3) is 0 Å². The van der Waals surface area contributed by atoms with Gasteiger partial charge in [-0.3, -0.25) is 4.79 Å². The highest BCUT2D eigenvalue weighted by Crippen LogP contribution is 2.23. The molecule has 0 radical (unpaired) electrons. The zero-order valence-electron chi connectivity index (χ0n) is 15.1. The van der Waals surface area contributed by atoms with Crippen molar-refractivity contribution in [1.82, 2.24) is 4.98 Å². The highest BCUT2D eigenvalue weighted by Gasteiger charge is 2.15. The molecule has 0 saturated carbocycles. The quantitative estimate of drug-likeness (QED) is 0.523. The van der Waals surface area contributed by atoms with E-state index in [1.165, 1.54) is 12.1 Å². The van der Waals surface area contributed by atoms with E-state index in [1.807, 2.05) is 51.1 Å². The van der Waals surface area contributed by atoms with Gasteiger partial charge in [0.2, 0.25) is 5.88 Å². The maximum Gasteiger partial charge on any atom is 0.306 e. The van der Waals surface area contributed by atoms with Crippen molar-refractivity contribution in [2.75, 3.05) is 0 Å². The Hall–Kier alpha value is -2.58. The van der Waals surface area contributed by atoms with E-state index < -0.39 is 5.60 Å². The van der Waals surface area contributed by atoms with Crippen LogP contribution in [0.5, 0.6) is 11.6 Å². The van der Waals surface area contributed by atoms with E-state index in [9.17, 15) is 4.79 Å². The number of pyridine rings is 1. The normalized spacial score (nSPS) is 10.9. The second-order valence-electron chi connectivity index (χ2n) is 6.81. The molecule has 0 aliphatic heterocycles. The second kappa shape index (κ2) is 8.68. The van der Waals surface area contributed by atoms with Crippen molar-refractivity contribution in [2.45, 2.75) is 45.6 Å². The minimum absolute atomic E-state index is 0.183. The number of halogens is 1. The largest absolute Gasteiger partial charge is 0.460 e. The predicted octanol–water partition coefficient (Wildman–Crippen LogP) is 5.06. The zero-order chi connectivity index (χ0) is 19.2. The molecule has 0 unspecified atom stereocenters. The predicted molar refractivity (Wildman–Crippen MR) is 99.3 cm³/mol. The third-order valence-electron chi connectivity index (χ3n) is 3.31. The van der Waals surface area contributed by atoms with Gasteiger partial charge in [-0.15, -0.1) is 0 Å². The van der Waals surface area contributed by atoms with Gasteiger partial charge >= 0.3 is 5.97 Å². The van der Waals surface area contributed by atoms with Gasteiger partial charge in [-0.1, -0.05) is 23.7 Å². The van der Waals surface area contributed by atoms with Crippen LogP contribution in [0.15, 0.2) is 36.4 Å². The molecule has 0 atom stereocenters. The third kappa shape index (κ3) is 6.73. The van der Waals surface area contributed by atoms with Crippen LogP contribution in [-0.2, 0) is 16.0 Å². The van der Waals surface area contributed by atoms with E-state index in [1.54, 1.807) is 0 Å². The lowest BCUT2D eigenvalue weighted by Gasteiger charge is -2.19. The number of rotatable bonds is 6. The molecule has 5 nitrogen and oxygen atoms in total. The molecular weight excluding hydrogens is 352 g/mol. The van der Waals surface area contributed by atoms with Gasteiger partial charge in [-0.05, 0) is 57.4 Å². The summed E-state index contributed by atoms with van der Waals surface area (Å²) in [6, 6.07) is 12.5. The summed E-state index contributed by atoms with van der Waals surface area (Å²) in [4.78, 5) is 15.7. The van der Waals surface area contributed by atoms with Crippen molar-refractivity contribution in [2.24, 2.45) is 0 Å². The van der Waals surface area contributed by atoms with E-state index in [0.29, 0.717) is 17.7 Å². The van der Waals surface area contributed by atoms with Gasteiger partial charge in [0.1, 0.15) is 16.5 Å². The van der Waals surface area contributed by atoms with E-state index in [2.05, 4.69) is 4.98 Å². The van der Waals surface area contributed by atoms with Gasteiger partial charge < -0.3 is 9.47 Å². The molecule has 136 valence electrons. The van der Waals surface area contributed by atoms with Crippen molar-refractivity contribution in [3.8, 4) is 17.7 Å². The standard InChI is InChI=1S/C20H21ClN2O3/c1-20(2,3)26-19(24)6-4-5-14-7-9-16(10-8-14)25-18-12-15(13-22)11-17(21)23-18/h7-12H,4-6H2,1-3H3. The zero-order valence-corrected chi connectivity index (χ0v) is 15.8. The van der Waals surface area contributed by atoms with Crippen LogP contribution in [0.4, 0.5) is 0 Å². The molecule has 2 rings (SSSR count). The van der Waals surface area contributed by atoms with Crippen LogP contribution in [0.3, 0.4) is 0 Å². The molecule has 1 aromatic heterocycles. The van der Waals surface area contributed by atoms with Crippen molar-refractivity contribution >= 4 is 17.6 Å². The van der Waals surface area contributed by atoms with Crippen LogP contribution in [-0.4, -0.2) is 16.6 Å².